The van der Waals surface area contributed by atoms with Crippen LogP contribution in [-0.4, -0.2) is 29.4 Å². The maximum absolute atomic E-state index is 12.5. The summed E-state index contributed by atoms with van der Waals surface area (Å²) in [4.78, 5) is 18.5. The molecule has 0 aliphatic carbocycles. The van der Waals surface area contributed by atoms with E-state index in [9.17, 15) is 4.79 Å². The molecule has 4 nitrogen and oxygen atoms in total. The third-order valence-electron chi connectivity index (χ3n) is 3.44. The second kappa shape index (κ2) is 8.85. The van der Waals surface area contributed by atoms with Gasteiger partial charge in [-0.2, -0.15) is 0 Å². The number of carbonyl (C=O) groups is 1. The molecule has 8 heteroatoms. The van der Waals surface area contributed by atoms with Crippen LogP contribution in [0.2, 0.25) is 10.0 Å². The van der Waals surface area contributed by atoms with Crippen LogP contribution in [0, 0.1) is 0 Å². The molecule has 2 N–H and O–H groups in total. The van der Waals surface area contributed by atoms with E-state index in [2.05, 4.69) is 4.98 Å². The molecule has 2 aromatic rings. The molecule has 0 radical (unpaired) electrons. The van der Waals surface area contributed by atoms with Gasteiger partial charge in [0.1, 0.15) is 5.69 Å². The van der Waals surface area contributed by atoms with Crippen molar-refractivity contribution in [2.45, 2.75) is 19.4 Å². The third-order valence-corrected chi connectivity index (χ3v) is 4.91. The summed E-state index contributed by atoms with van der Waals surface area (Å²) in [6.07, 6.45) is 0.681. The average Bonchev–Trinajstić information content (AvgIpc) is 2.94. The first-order valence-corrected chi connectivity index (χ1v) is 8.44. The summed E-state index contributed by atoms with van der Waals surface area (Å²) < 4.78 is 0. The van der Waals surface area contributed by atoms with Gasteiger partial charge >= 0.3 is 0 Å². The van der Waals surface area contributed by atoms with Gasteiger partial charge in [0, 0.05) is 28.9 Å². The lowest BCUT2D eigenvalue weighted by molar-refractivity contribution is 0.0737. The second-order valence-electron chi connectivity index (χ2n) is 4.92. The number of hydrogen-bond acceptors (Lipinski definition) is 4. The van der Waals surface area contributed by atoms with Crippen molar-refractivity contribution in [3.05, 3.63) is 49.9 Å². The van der Waals surface area contributed by atoms with Crippen LogP contribution in [0.3, 0.4) is 0 Å². The molecule has 1 heterocycles. The maximum atomic E-state index is 12.5. The number of halogens is 3. The fourth-order valence-electron chi connectivity index (χ4n) is 2.05. The standard InChI is InChI=1S/C15H17Cl2N3OS.ClH/c1-9(11-4-3-10(16)7-12(11)17)20(2)15(21)13-8-22-14(19-13)5-6-18;/h3-4,7-9H,5-6,18H2,1-2H3;1H. The zero-order valence-electron chi connectivity index (χ0n) is 12.8. The Morgan fingerprint density at radius 3 is 2.74 bits per heavy atom. The van der Waals surface area contributed by atoms with Crippen molar-refractivity contribution in [3.8, 4) is 0 Å². The number of benzene rings is 1. The SMILES string of the molecule is CC(c1ccc(Cl)cc1Cl)N(C)C(=O)c1csc(CCN)n1.Cl. The van der Waals surface area contributed by atoms with Crippen LogP contribution in [0.25, 0.3) is 0 Å². The Morgan fingerprint density at radius 1 is 1.43 bits per heavy atom. The molecule has 0 fully saturated rings. The Labute approximate surface area is 156 Å². The summed E-state index contributed by atoms with van der Waals surface area (Å²) in [5, 5.41) is 3.75. The van der Waals surface area contributed by atoms with Gasteiger partial charge in [-0.1, -0.05) is 29.3 Å². The van der Waals surface area contributed by atoms with Crippen LogP contribution in [0.15, 0.2) is 23.6 Å². The Morgan fingerprint density at radius 2 is 2.13 bits per heavy atom. The van der Waals surface area contributed by atoms with Crippen molar-refractivity contribution in [2.75, 3.05) is 13.6 Å². The van der Waals surface area contributed by atoms with E-state index in [0.29, 0.717) is 28.7 Å². The number of nitrogens with zero attached hydrogens (tertiary/aromatic N) is 2. The molecule has 0 aliphatic heterocycles. The molecule has 1 atom stereocenters. The van der Waals surface area contributed by atoms with Gasteiger partial charge in [-0.15, -0.1) is 23.7 Å². The first-order chi connectivity index (χ1) is 10.4. The number of thiazole rings is 1. The number of hydrogen-bond donors (Lipinski definition) is 1. The predicted molar refractivity (Wildman–Crippen MR) is 99.1 cm³/mol. The van der Waals surface area contributed by atoms with E-state index in [1.807, 2.05) is 13.0 Å². The first-order valence-electron chi connectivity index (χ1n) is 6.80. The molecule has 0 saturated heterocycles. The highest BCUT2D eigenvalue weighted by Gasteiger charge is 2.22. The van der Waals surface area contributed by atoms with Crippen LogP contribution in [0.5, 0.6) is 0 Å². The molecule has 0 aliphatic rings. The first kappa shape index (κ1) is 20.2. The van der Waals surface area contributed by atoms with Gasteiger partial charge in [-0.3, -0.25) is 4.79 Å². The van der Waals surface area contributed by atoms with Crippen LogP contribution >= 0.6 is 46.9 Å². The Kier molecular flexibility index (Phi) is 7.77. The van der Waals surface area contributed by atoms with Crippen LogP contribution < -0.4 is 5.73 Å². The van der Waals surface area contributed by atoms with Crippen molar-refractivity contribution >= 4 is 52.9 Å². The summed E-state index contributed by atoms with van der Waals surface area (Å²) in [6.45, 7) is 2.44. The quantitative estimate of drug-likeness (QED) is 0.826. The highest BCUT2D eigenvalue weighted by Crippen LogP contribution is 2.29. The molecule has 126 valence electrons. The molecular weight excluding hydrogens is 377 g/mol. The minimum Gasteiger partial charge on any atom is -0.334 e. The summed E-state index contributed by atoms with van der Waals surface area (Å²) in [5.74, 6) is -0.141. The number of rotatable bonds is 5. The van der Waals surface area contributed by atoms with Crippen LogP contribution in [-0.2, 0) is 6.42 Å². The number of aromatic nitrogens is 1. The van der Waals surface area contributed by atoms with E-state index in [4.69, 9.17) is 28.9 Å². The molecule has 1 unspecified atom stereocenters. The van der Waals surface area contributed by atoms with E-state index in [0.717, 1.165) is 10.6 Å². The molecule has 1 aromatic carbocycles. The molecular formula is C15H18Cl3N3OS. The lowest BCUT2D eigenvalue weighted by Crippen LogP contribution is -2.30. The summed E-state index contributed by atoms with van der Waals surface area (Å²) in [5.41, 5.74) is 6.79. The van der Waals surface area contributed by atoms with Crippen LogP contribution in [0.4, 0.5) is 0 Å². The predicted octanol–water partition coefficient (Wildman–Crippen LogP) is 4.21. The Hall–Kier alpha value is -0.850. The van der Waals surface area contributed by atoms with Gasteiger partial charge in [0.2, 0.25) is 0 Å². The fourth-order valence-corrected chi connectivity index (χ4v) is 3.41. The summed E-state index contributed by atoms with van der Waals surface area (Å²) in [7, 11) is 1.74. The lowest BCUT2D eigenvalue weighted by Gasteiger charge is -2.25. The van der Waals surface area contributed by atoms with Gasteiger partial charge < -0.3 is 10.6 Å². The topological polar surface area (TPSA) is 59.2 Å². The van der Waals surface area contributed by atoms with Gasteiger partial charge in [-0.25, -0.2) is 4.98 Å². The van der Waals surface area contributed by atoms with E-state index in [1.54, 1.807) is 29.5 Å². The third kappa shape index (κ3) is 4.81. The minimum absolute atomic E-state index is 0. The highest BCUT2D eigenvalue weighted by atomic mass is 35.5. The Balaban J connectivity index is 0.00000264. The minimum atomic E-state index is -0.183. The zero-order valence-corrected chi connectivity index (χ0v) is 15.9. The smallest absolute Gasteiger partial charge is 0.273 e. The van der Waals surface area contributed by atoms with Crippen molar-refractivity contribution in [1.29, 1.82) is 0 Å². The molecule has 0 bridgehead atoms. The normalized spacial score (nSPS) is 11.7. The van der Waals surface area contributed by atoms with Crippen molar-refractivity contribution in [2.24, 2.45) is 5.73 Å². The van der Waals surface area contributed by atoms with Gasteiger partial charge in [0.05, 0.1) is 11.0 Å². The van der Waals surface area contributed by atoms with E-state index >= 15 is 0 Å². The largest absolute Gasteiger partial charge is 0.334 e. The molecule has 1 aromatic heterocycles. The highest BCUT2D eigenvalue weighted by molar-refractivity contribution is 7.09. The number of nitrogens with two attached hydrogens (primary N) is 1. The van der Waals surface area contributed by atoms with Crippen molar-refractivity contribution in [3.63, 3.8) is 0 Å². The monoisotopic (exact) mass is 393 g/mol. The molecule has 0 spiro atoms. The molecule has 0 saturated carbocycles. The van der Waals surface area contributed by atoms with E-state index in [-0.39, 0.29) is 24.4 Å². The number of carbonyl (C=O) groups excluding carboxylic acids is 1. The zero-order chi connectivity index (χ0) is 16.3. The molecule has 23 heavy (non-hydrogen) atoms. The average molecular weight is 395 g/mol. The van der Waals surface area contributed by atoms with Gasteiger partial charge in [0.25, 0.3) is 5.91 Å². The lowest BCUT2D eigenvalue weighted by atomic mass is 10.1. The molecule has 1 amide bonds. The summed E-state index contributed by atoms with van der Waals surface area (Å²) in [6, 6.07) is 5.09. The van der Waals surface area contributed by atoms with E-state index in [1.165, 1.54) is 11.3 Å². The van der Waals surface area contributed by atoms with Gasteiger partial charge in [0.15, 0.2) is 0 Å². The fraction of sp³-hybridized carbons (Fsp3) is 0.333. The Bertz CT molecular complexity index is 678. The molecule has 2 rings (SSSR count). The second-order valence-corrected chi connectivity index (χ2v) is 6.71. The van der Waals surface area contributed by atoms with E-state index < -0.39 is 0 Å². The number of amides is 1. The van der Waals surface area contributed by atoms with Crippen molar-refractivity contribution < 1.29 is 4.79 Å². The van der Waals surface area contributed by atoms with Gasteiger partial charge in [-0.05, 0) is 31.2 Å². The summed E-state index contributed by atoms with van der Waals surface area (Å²) >= 11 is 13.6. The maximum Gasteiger partial charge on any atom is 0.273 e. The van der Waals surface area contributed by atoms with Crippen molar-refractivity contribution in [1.82, 2.24) is 9.88 Å². The van der Waals surface area contributed by atoms with Crippen LogP contribution in [0.1, 0.15) is 34.0 Å².